The summed E-state index contributed by atoms with van der Waals surface area (Å²) >= 11 is 2.07. The van der Waals surface area contributed by atoms with Crippen LogP contribution in [0, 0.1) is 0 Å². The van der Waals surface area contributed by atoms with E-state index in [4.69, 9.17) is 5.84 Å². The normalized spacial score (nSPS) is 24.1. The number of amides is 1. The van der Waals surface area contributed by atoms with E-state index >= 15 is 0 Å². The zero-order chi connectivity index (χ0) is 12.0. The van der Waals surface area contributed by atoms with E-state index in [1.807, 2.05) is 0 Å². The molecule has 2 unspecified atom stereocenters. The molecule has 1 aliphatic heterocycles. The monoisotopic (exact) mass is 245 g/mol. The summed E-state index contributed by atoms with van der Waals surface area (Å²) in [6.07, 6.45) is 2.65. The molecule has 1 heterocycles. The van der Waals surface area contributed by atoms with Crippen molar-refractivity contribution in [3.05, 3.63) is 0 Å². The van der Waals surface area contributed by atoms with E-state index in [0.717, 1.165) is 24.8 Å². The van der Waals surface area contributed by atoms with Crippen LogP contribution in [-0.2, 0) is 4.79 Å². The molecule has 0 aromatic rings. The molecule has 0 bridgehead atoms. The number of hydrazine groups is 1. The van der Waals surface area contributed by atoms with E-state index < -0.39 is 0 Å². The molecule has 16 heavy (non-hydrogen) atoms. The van der Waals surface area contributed by atoms with Gasteiger partial charge >= 0.3 is 0 Å². The van der Waals surface area contributed by atoms with Crippen molar-refractivity contribution in [1.82, 2.24) is 10.3 Å². The number of nitrogens with zero attached hydrogens (tertiary/aromatic N) is 1. The first-order valence-electron chi connectivity index (χ1n) is 6.02. The molecule has 1 aliphatic rings. The standard InChI is InChI=1S/C11H23N3OS/c1-3-10-8-14(6-7-16-10)9(2)4-5-11(15)13-12/h9-10H,3-8,12H2,1-2H3,(H,13,15). The summed E-state index contributed by atoms with van der Waals surface area (Å²) < 4.78 is 0. The molecule has 5 heteroatoms. The third kappa shape index (κ3) is 4.31. The van der Waals surface area contributed by atoms with Crippen molar-refractivity contribution in [1.29, 1.82) is 0 Å². The number of carbonyl (C=O) groups is 1. The molecular formula is C11H23N3OS. The predicted molar refractivity (Wildman–Crippen MR) is 69.1 cm³/mol. The van der Waals surface area contributed by atoms with Gasteiger partial charge in [0.2, 0.25) is 5.91 Å². The second kappa shape index (κ2) is 7.14. The number of nitrogens with one attached hydrogen (secondary N) is 1. The van der Waals surface area contributed by atoms with Gasteiger partial charge in [-0.3, -0.25) is 15.1 Å². The van der Waals surface area contributed by atoms with Gasteiger partial charge in [0.25, 0.3) is 0 Å². The molecule has 0 spiro atoms. The Morgan fingerprint density at radius 2 is 2.44 bits per heavy atom. The van der Waals surface area contributed by atoms with Crippen molar-refractivity contribution in [3.63, 3.8) is 0 Å². The summed E-state index contributed by atoms with van der Waals surface area (Å²) in [5.74, 6) is 6.21. The number of nitrogens with two attached hydrogens (primary N) is 1. The molecule has 3 N–H and O–H groups in total. The van der Waals surface area contributed by atoms with E-state index in [1.54, 1.807) is 0 Å². The van der Waals surface area contributed by atoms with Gasteiger partial charge in [-0.15, -0.1) is 0 Å². The van der Waals surface area contributed by atoms with Crippen molar-refractivity contribution in [2.45, 2.75) is 44.4 Å². The second-order valence-electron chi connectivity index (χ2n) is 4.35. The van der Waals surface area contributed by atoms with Crippen LogP contribution in [0.1, 0.15) is 33.1 Å². The number of hydrogen-bond donors (Lipinski definition) is 2. The lowest BCUT2D eigenvalue weighted by atomic mass is 10.1. The minimum atomic E-state index is -0.0646. The van der Waals surface area contributed by atoms with Crippen LogP contribution in [0.25, 0.3) is 0 Å². The molecule has 0 saturated carbocycles. The molecule has 94 valence electrons. The van der Waals surface area contributed by atoms with E-state index in [2.05, 4.69) is 35.9 Å². The summed E-state index contributed by atoms with van der Waals surface area (Å²) in [4.78, 5) is 13.6. The van der Waals surface area contributed by atoms with Crippen LogP contribution in [0.5, 0.6) is 0 Å². The lowest BCUT2D eigenvalue weighted by Crippen LogP contribution is -2.43. The second-order valence-corrected chi connectivity index (χ2v) is 5.76. The average molecular weight is 245 g/mol. The average Bonchev–Trinajstić information content (AvgIpc) is 2.35. The summed E-state index contributed by atoms with van der Waals surface area (Å²) in [5, 5.41) is 0.763. The van der Waals surface area contributed by atoms with E-state index in [0.29, 0.717) is 12.5 Å². The fraction of sp³-hybridized carbons (Fsp3) is 0.909. The van der Waals surface area contributed by atoms with Crippen molar-refractivity contribution < 1.29 is 4.79 Å². The molecular weight excluding hydrogens is 222 g/mol. The summed E-state index contributed by atoms with van der Waals surface area (Å²) in [6.45, 7) is 6.75. The van der Waals surface area contributed by atoms with Gasteiger partial charge in [0.05, 0.1) is 0 Å². The van der Waals surface area contributed by atoms with Gasteiger partial charge in [-0.1, -0.05) is 6.92 Å². The van der Waals surface area contributed by atoms with Crippen LogP contribution < -0.4 is 11.3 Å². The first-order chi connectivity index (χ1) is 7.67. The predicted octanol–water partition coefficient (Wildman–Crippen LogP) is 0.972. The molecule has 0 aliphatic carbocycles. The third-order valence-electron chi connectivity index (χ3n) is 3.20. The van der Waals surface area contributed by atoms with Crippen LogP contribution in [-0.4, -0.2) is 40.9 Å². The number of rotatable bonds is 5. The number of hydrogen-bond acceptors (Lipinski definition) is 4. The largest absolute Gasteiger partial charge is 0.299 e. The Balaban J connectivity index is 2.29. The van der Waals surface area contributed by atoms with Crippen LogP contribution in [0.2, 0.25) is 0 Å². The minimum absolute atomic E-state index is 0.0646. The molecule has 1 fully saturated rings. The molecule has 1 saturated heterocycles. The van der Waals surface area contributed by atoms with E-state index in [1.165, 1.54) is 12.2 Å². The smallest absolute Gasteiger partial charge is 0.233 e. The molecule has 1 amide bonds. The lowest BCUT2D eigenvalue weighted by Gasteiger charge is -2.36. The van der Waals surface area contributed by atoms with Crippen molar-refractivity contribution in [2.24, 2.45) is 5.84 Å². The van der Waals surface area contributed by atoms with Crippen LogP contribution >= 0.6 is 11.8 Å². The third-order valence-corrected chi connectivity index (χ3v) is 4.57. The highest BCUT2D eigenvalue weighted by Gasteiger charge is 2.22. The minimum Gasteiger partial charge on any atom is -0.299 e. The van der Waals surface area contributed by atoms with Gasteiger partial charge < -0.3 is 0 Å². The van der Waals surface area contributed by atoms with Crippen molar-refractivity contribution in [2.75, 3.05) is 18.8 Å². The highest BCUT2D eigenvalue weighted by molar-refractivity contribution is 8.00. The van der Waals surface area contributed by atoms with Crippen LogP contribution in [0.15, 0.2) is 0 Å². The van der Waals surface area contributed by atoms with Gasteiger partial charge in [-0.2, -0.15) is 11.8 Å². The van der Waals surface area contributed by atoms with E-state index in [-0.39, 0.29) is 5.91 Å². The summed E-state index contributed by atoms with van der Waals surface area (Å²) in [6, 6.07) is 0.479. The molecule has 2 atom stereocenters. The van der Waals surface area contributed by atoms with Crippen LogP contribution in [0.3, 0.4) is 0 Å². The highest BCUT2D eigenvalue weighted by atomic mass is 32.2. The fourth-order valence-corrected chi connectivity index (χ4v) is 3.19. The van der Waals surface area contributed by atoms with Gasteiger partial charge in [0.15, 0.2) is 0 Å². The Bertz CT molecular complexity index is 225. The Kier molecular flexibility index (Phi) is 6.16. The maximum atomic E-state index is 11.1. The Morgan fingerprint density at radius 1 is 1.69 bits per heavy atom. The Hall–Kier alpha value is -0.260. The van der Waals surface area contributed by atoms with Gasteiger partial charge in [-0.05, 0) is 19.8 Å². The molecule has 1 rings (SSSR count). The molecule has 0 aromatic carbocycles. The molecule has 0 aromatic heterocycles. The highest BCUT2D eigenvalue weighted by Crippen LogP contribution is 2.23. The van der Waals surface area contributed by atoms with E-state index in [9.17, 15) is 4.79 Å². The lowest BCUT2D eigenvalue weighted by molar-refractivity contribution is -0.121. The maximum absolute atomic E-state index is 11.1. The summed E-state index contributed by atoms with van der Waals surface area (Å²) in [5.41, 5.74) is 2.18. The molecule has 0 radical (unpaired) electrons. The van der Waals surface area contributed by atoms with Crippen molar-refractivity contribution in [3.8, 4) is 0 Å². The first-order valence-corrected chi connectivity index (χ1v) is 7.07. The topological polar surface area (TPSA) is 58.4 Å². The zero-order valence-electron chi connectivity index (χ0n) is 10.2. The first kappa shape index (κ1) is 13.8. The Morgan fingerprint density at radius 3 is 3.06 bits per heavy atom. The maximum Gasteiger partial charge on any atom is 0.233 e. The quantitative estimate of drug-likeness (QED) is 0.430. The summed E-state index contributed by atoms with van der Waals surface area (Å²) in [7, 11) is 0. The van der Waals surface area contributed by atoms with Crippen molar-refractivity contribution >= 4 is 17.7 Å². The number of carbonyl (C=O) groups excluding carboxylic acids is 1. The zero-order valence-corrected chi connectivity index (χ0v) is 11.1. The molecule has 4 nitrogen and oxygen atoms in total. The Labute approximate surface area is 102 Å². The van der Waals surface area contributed by atoms with Gasteiger partial charge in [0, 0.05) is 36.6 Å². The fourth-order valence-electron chi connectivity index (χ4n) is 1.98. The van der Waals surface area contributed by atoms with Gasteiger partial charge in [-0.25, -0.2) is 5.84 Å². The SMILES string of the molecule is CCC1CN(C(C)CCC(=O)NN)CCS1. The van der Waals surface area contributed by atoms with Gasteiger partial charge in [0.1, 0.15) is 0 Å². The van der Waals surface area contributed by atoms with Crippen LogP contribution in [0.4, 0.5) is 0 Å². The number of thioether (sulfide) groups is 1.